The van der Waals surface area contributed by atoms with Crippen LogP contribution in [0.3, 0.4) is 0 Å². The molecule has 1 rings (SSSR count). The van der Waals surface area contributed by atoms with E-state index in [9.17, 15) is 9.59 Å². The third-order valence-corrected chi connectivity index (χ3v) is 3.69. The van der Waals surface area contributed by atoms with Gasteiger partial charge in [0.1, 0.15) is 0 Å². The van der Waals surface area contributed by atoms with Crippen LogP contribution < -0.4 is 11.1 Å². The van der Waals surface area contributed by atoms with Gasteiger partial charge in [-0.25, -0.2) is 0 Å². The van der Waals surface area contributed by atoms with Gasteiger partial charge in [0.15, 0.2) is 0 Å². The van der Waals surface area contributed by atoms with E-state index in [1.165, 1.54) is 0 Å². The van der Waals surface area contributed by atoms with E-state index in [0.29, 0.717) is 6.42 Å². The van der Waals surface area contributed by atoms with Gasteiger partial charge in [0.05, 0.1) is 0 Å². The highest BCUT2D eigenvalue weighted by Crippen LogP contribution is 2.26. The van der Waals surface area contributed by atoms with Crippen molar-refractivity contribution < 1.29 is 9.59 Å². The third-order valence-electron chi connectivity index (χ3n) is 3.69. The molecule has 0 unspecified atom stereocenters. The monoisotopic (exact) mass is 269 g/mol. The van der Waals surface area contributed by atoms with Gasteiger partial charge < -0.3 is 16.0 Å². The summed E-state index contributed by atoms with van der Waals surface area (Å²) in [4.78, 5) is 25.6. The molecule has 3 N–H and O–H groups in total. The third kappa shape index (κ3) is 4.20. The Morgan fingerprint density at radius 3 is 2.26 bits per heavy atom. The van der Waals surface area contributed by atoms with Gasteiger partial charge in [0, 0.05) is 37.5 Å². The van der Waals surface area contributed by atoms with Crippen LogP contribution in [0.25, 0.3) is 0 Å². The highest BCUT2D eigenvalue weighted by molar-refractivity contribution is 5.82. The van der Waals surface area contributed by atoms with Crippen molar-refractivity contribution in [1.29, 1.82) is 0 Å². The van der Waals surface area contributed by atoms with Gasteiger partial charge in [0.2, 0.25) is 11.8 Å². The molecule has 0 aliphatic heterocycles. The second kappa shape index (κ2) is 5.90. The summed E-state index contributed by atoms with van der Waals surface area (Å²) in [6, 6.07) is -0.160. The van der Waals surface area contributed by atoms with Crippen LogP contribution in [0.2, 0.25) is 0 Å². The van der Waals surface area contributed by atoms with E-state index in [-0.39, 0.29) is 29.8 Å². The summed E-state index contributed by atoms with van der Waals surface area (Å²) in [6.07, 6.45) is 2.22. The van der Waals surface area contributed by atoms with Gasteiger partial charge in [-0.2, -0.15) is 0 Å². The molecule has 0 spiro atoms. The van der Waals surface area contributed by atoms with E-state index >= 15 is 0 Å². The maximum Gasteiger partial charge on any atom is 0.225 e. The van der Waals surface area contributed by atoms with Gasteiger partial charge in [-0.15, -0.1) is 0 Å². The van der Waals surface area contributed by atoms with E-state index in [1.54, 1.807) is 19.0 Å². The molecule has 0 aromatic heterocycles. The average molecular weight is 269 g/mol. The molecule has 3 atom stereocenters. The molecule has 5 heteroatoms. The Balaban J connectivity index is 2.67. The first-order valence-corrected chi connectivity index (χ1v) is 6.90. The standard InChI is InChI=1S/C14H27N3O2/c1-14(2,3)13(19)16-11-8-9(6-7-10(11)15)12(18)17(4)5/h9-11H,6-8,15H2,1-5H3,(H,16,19)/t9-,10+,11+/m0/s1. The first-order chi connectivity index (χ1) is 8.62. The number of nitrogens with one attached hydrogen (secondary N) is 1. The topological polar surface area (TPSA) is 75.4 Å². The molecule has 0 bridgehead atoms. The molecule has 1 fully saturated rings. The largest absolute Gasteiger partial charge is 0.351 e. The quantitative estimate of drug-likeness (QED) is 0.776. The van der Waals surface area contributed by atoms with Crippen molar-refractivity contribution in [2.24, 2.45) is 17.1 Å². The zero-order valence-corrected chi connectivity index (χ0v) is 12.7. The van der Waals surface area contributed by atoms with Crippen molar-refractivity contribution in [3.63, 3.8) is 0 Å². The van der Waals surface area contributed by atoms with Crippen LogP contribution in [0.4, 0.5) is 0 Å². The first-order valence-electron chi connectivity index (χ1n) is 6.90. The molecular formula is C14H27N3O2. The lowest BCUT2D eigenvalue weighted by Gasteiger charge is -2.36. The summed E-state index contributed by atoms with van der Waals surface area (Å²) in [5, 5.41) is 3.00. The van der Waals surface area contributed by atoms with Crippen molar-refractivity contribution in [2.75, 3.05) is 14.1 Å². The number of nitrogens with two attached hydrogens (primary N) is 1. The average Bonchev–Trinajstić information content (AvgIpc) is 2.29. The second-order valence-corrected chi connectivity index (χ2v) is 6.74. The predicted molar refractivity (Wildman–Crippen MR) is 75.4 cm³/mol. The zero-order valence-electron chi connectivity index (χ0n) is 12.7. The summed E-state index contributed by atoms with van der Waals surface area (Å²) >= 11 is 0. The molecule has 5 nitrogen and oxygen atoms in total. The minimum atomic E-state index is -0.432. The molecule has 0 saturated heterocycles. The van der Waals surface area contributed by atoms with E-state index in [1.807, 2.05) is 20.8 Å². The number of carbonyl (C=O) groups excluding carboxylic acids is 2. The molecular weight excluding hydrogens is 242 g/mol. The molecule has 0 radical (unpaired) electrons. The van der Waals surface area contributed by atoms with Crippen LogP contribution in [0.1, 0.15) is 40.0 Å². The van der Waals surface area contributed by atoms with Crippen LogP contribution in [-0.2, 0) is 9.59 Å². The fourth-order valence-electron chi connectivity index (χ4n) is 2.33. The van der Waals surface area contributed by atoms with E-state index in [0.717, 1.165) is 12.8 Å². The molecule has 110 valence electrons. The van der Waals surface area contributed by atoms with Gasteiger partial charge in [-0.05, 0) is 19.3 Å². The Morgan fingerprint density at radius 2 is 1.79 bits per heavy atom. The normalized spacial score (nSPS) is 27.8. The fourth-order valence-corrected chi connectivity index (χ4v) is 2.33. The van der Waals surface area contributed by atoms with Crippen LogP contribution in [0.5, 0.6) is 0 Å². The summed E-state index contributed by atoms with van der Waals surface area (Å²) in [5.74, 6) is 0.0906. The number of amides is 2. The van der Waals surface area contributed by atoms with Gasteiger partial charge in [0.25, 0.3) is 0 Å². The number of hydrogen-bond acceptors (Lipinski definition) is 3. The van der Waals surface area contributed by atoms with Crippen LogP contribution in [-0.4, -0.2) is 42.9 Å². The zero-order chi connectivity index (χ0) is 14.8. The van der Waals surface area contributed by atoms with Gasteiger partial charge in [-0.3, -0.25) is 9.59 Å². The number of rotatable bonds is 2. The molecule has 1 aliphatic carbocycles. The predicted octanol–water partition coefficient (Wildman–Crippen LogP) is 0.733. The second-order valence-electron chi connectivity index (χ2n) is 6.74. The number of nitrogens with zero attached hydrogens (tertiary/aromatic N) is 1. The first kappa shape index (κ1) is 16.0. The highest BCUT2D eigenvalue weighted by atomic mass is 16.2. The van der Waals surface area contributed by atoms with Crippen molar-refractivity contribution in [2.45, 2.75) is 52.1 Å². The van der Waals surface area contributed by atoms with Crippen molar-refractivity contribution in [1.82, 2.24) is 10.2 Å². The Morgan fingerprint density at radius 1 is 1.21 bits per heavy atom. The van der Waals surface area contributed by atoms with Crippen LogP contribution >= 0.6 is 0 Å². The molecule has 0 heterocycles. The SMILES string of the molecule is CN(C)C(=O)[C@H]1CC[C@@H](N)[C@H](NC(=O)C(C)(C)C)C1. The number of hydrogen-bond donors (Lipinski definition) is 2. The lowest BCUT2D eigenvalue weighted by atomic mass is 9.81. The summed E-state index contributed by atoms with van der Waals surface area (Å²) in [5.41, 5.74) is 5.64. The Bertz CT molecular complexity index is 347. The summed E-state index contributed by atoms with van der Waals surface area (Å²) in [7, 11) is 3.53. The van der Waals surface area contributed by atoms with E-state index in [4.69, 9.17) is 5.73 Å². The Labute approximate surface area is 115 Å². The van der Waals surface area contributed by atoms with E-state index in [2.05, 4.69) is 5.32 Å². The van der Waals surface area contributed by atoms with Gasteiger partial charge in [-0.1, -0.05) is 20.8 Å². The maximum atomic E-state index is 12.0. The van der Waals surface area contributed by atoms with Crippen molar-refractivity contribution in [3.05, 3.63) is 0 Å². The molecule has 2 amide bonds. The number of carbonyl (C=O) groups is 2. The Kier molecular flexibility index (Phi) is 4.96. The highest BCUT2D eigenvalue weighted by Gasteiger charge is 2.35. The van der Waals surface area contributed by atoms with Crippen molar-refractivity contribution >= 4 is 11.8 Å². The Hall–Kier alpha value is -1.10. The van der Waals surface area contributed by atoms with E-state index < -0.39 is 5.41 Å². The fraction of sp³-hybridized carbons (Fsp3) is 0.857. The molecule has 0 aromatic rings. The molecule has 1 aliphatic rings. The lowest BCUT2D eigenvalue weighted by Crippen LogP contribution is -2.54. The van der Waals surface area contributed by atoms with Crippen molar-refractivity contribution in [3.8, 4) is 0 Å². The molecule has 19 heavy (non-hydrogen) atoms. The smallest absolute Gasteiger partial charge is 0.225 e. The van der Waals surface area contributed by atoms with Crippen LogP contribution in [0.15, 0.2) is 0 Å². The minimum Gasteiger partial charge on any atom is -0.351 e. The van der Waals surface area contributed by atoms with Gasteiger partial charge >= 0.3 is 0 Å². The van der Waals surface area contributed by atoms with Crippen LogP contribution in [0, 0.1) is 11.3 Å². The molecule has 1 saturated carbocycles. The molecule has 0 aromatic carbocycles. The summed E-state index contributed by atoms with van der Waals surface area (Å²) < 4.78 is 0. The maximum absolute atomic E-state index is 12.0. The lowest BCUT2D eigenvalue weighted by molar-refractivity contribution is -0.135. The minimum absolute atomic E-state index is 0.00842. The summed E-state index contributed by atoms with van der Waals surface area (Å²) in [6.45, 7) is 5.62.